The van der Waals surface area contributed by atoms with E-state index in [-0.39, 0.29) is 32.2 Å². The van der Waals surface area contributed by atoms with Gasteiger partial charge in [-0.15, -0.1) is 0 Å². The number of hydrogen-bond acceptors (Lipinski definition) is 7. The molecule has 388 valence electrons. The fourth-order valence-electron chi connectivity index (χ4n) is 8.06. The molecule has 0 aromatic rings. The molecule has 0 aliphatic heterocycles. The van der Waals surface area contributed by atoms with E-state index in [0.29, 0.717) is 17.4 Å². The zero-order valence-electron chi connectivity index (χ0n) is 44.1. The van der Waals surface area contributed by atoms with Crippen molar-refractivity contribution in [2.75, 3.05) is 47.5 Å². The number of unbranched alkanes of at least 4 members (excludes halogenated alkanes) is 33. The van der Waals surface area contributed by atoms with Crippen LogP contribution in [0.1, 0.15) is 264 Å². The van der Waals surface area contributed by atoms with E-state index in [0.717, 1.165) is 38.5 Å². The molecule has 0 amide bonds. The Hall–Kier alpha value is -2.23. The summed E-state index contributed by atoms with van der Waals surface area (Å²) in [6.07, 6.45) is 53.9. The van der Waals surface area contributed by atoms with E-state index in [1.54, 1.807) is 0 Å². The summed E-state index contributed by atoms with van der Waals surface area (Å²) < 4.78 is 22.9. The Morgan fingerprint density at radius 1 is 0.439 bits per heavy atom. The number of carboxylic acid groups (broad SMARTS) is 1. The molecule has 1 N–H and O–H groups in total. The minimum Gasteiger partial charge on any atom is -0.477 e. The maximum absolute atomic E-state index is 12.9. The standard InChI is InChI=1S/C57H107NO8/c1-6-8-10-12-14-16-18-20-22-24-26-27-28-29-30-32-34-36-38-40-42-44-46-48-55(60)66-53(52-65-57(56(61)62)63-50-49-58(3,4)5)51-64-54(59)47-45-43-41-39-37-35-33-31-25-23-21-19-17-15-13-11-9-7-2/h23-26,53,57H,6-22,27-52H2,1-5H3/p+1/b25-23-,26-24-. The van der Waals surface area contributed by atoms with Gasteiger partial charge >= 0.3 is 17.9 Å². The van der Waals surface area contributed by atoms with Crippen molar-refractivity contribution in [1.82, 2.24) is 0 Å². The maximum Gasteiger partial charge on any atom is 0.361 e. The molecule has 0 saturated carbocycles. The van der Waals surface area contributed by atoms with Crippen molar-refractivity contribution in [2.45, 2.75) is 277 Å². The first-order valence-electron chi connectivity index (χ1n) is 28.0. The molecule has 0 rings (SSSR count). The Kier molecular flexibility index (Phi) is 47.5. The number of rotatable bonds is 52. The number of allylic oxidation sites excluding steroid dienone is 4. The summed E-state index contributed by atoms with van der Waals surface area (Å²) in [6.45, 7) is 4.90. The van der Waals surface area contributed by atoms with Crippen molar-refractivity contribution in [1.29, 1.82) is 0 Å². The van der Waals surface area contributed by atoms with Crippen LogP contribution in [0.2, 0.25) is 0 Å². The van der Waals surface area contributed by atoms with Gasteiger partial charge in [0.15, 0.2) is 6.10 Å². The molecule has 66 heavy (non-hydrogen) atoms. The lowest BCUT2D eigenvalue weighted by molar-refractivity contribution is -0.870. The number of carbonyl (C=O) groups is 3. The fraction of sp³-hybridized carbons (Fsp3) is 0.877. The topological polar surface area (TPSA) is 108 Å². The Morgan fingerprint density at radius 3 is 1.12 bits per heavy atom. The summed E-state index contributed by atoms with van der Waals surface area (Å²) in [7, 11) is 5.97. The molecule has 0 fully saturated rings. The van der Waals surface area contributed by atoms with Gasteiger partial charge in [0, 0.05) is 12.8 Å². The van der Waals surface area contributed by atoms with E-state index in [9.17, 15) is 19.5 Å². The first kappa shape index (κ1) is 63.8. The second kappa shape index (κ2) is 49.2. The molecule has 9 nitrogen and oxygen atoms in total. The monoisotopic (exact) mass is 935 g/mol. The Morgan fingerprint density at radius 2 is 0.773 bits per heavy atom. The summed E-state index contributed by atoms with van der Waals surface area (Å²) in [5, 5.41) is 9.69. The van der Waals surface area contributed by atoms with Crippen LogP contribution in [0, 0.1) is 0 Å². The molecule has 0 spiro atoms. The van der Waals surface area contributed by atoms with Gasteiger partial charge in [0.1, 0.15) is 13.2 Å². The maximum atomic E-state index is 12.9. The Labute approximate surface area is 407 Å². The van der Waals surface area contributed by atoms with E-state index in [1.165, 1.54) is 199 Å². The highest BCUT2D eigenvalue weighted by Crippen LogP contribution is 2.16. The van der Waals surface area contributed by atoms with Crippen LogP contribution in [0.5, 0.6) is 0 Å². The highest BCUT2D eigenvalue weighted by atomic mass is 16.7. The van der Waals surface area contributed by atoms with Crippen LogP contribution in [0.4, 0.5) is 0 Å². The quantitative estimate of drug-likeness (QED) is 0.0211. The number of nitrogens with zero attached hydrogens (tertiary/aromatic N) is 1. The van der Waals surface area contributed by atoms with Crippen LogP contribution in [0.25, 0.3) is 0 Å². The lowest BCUT2D eigenvalue weighted by Gasteiger charge is -2.25. The smallest absolute Gasteiger partial charge is 0.361 e. The number of carboxylic acids is 1. The van der Waals surface area contributed by atoms with Crippen LogP contribution >= 0.6 is 0 Å². The van der Waals surface area contributed by atoms with Gasteiger partial charge in [-0.25, -0.2) is 4.79 Å². The van der Waals surface area contributed by atoms with E-state index < -0.39 is 24.3 Å². The number of carbonyl (C=O) groups excluding carboxylic acids is 2. The van der Waals surface area contributed by atoms with Crippen molar-refractivity contribution in [3.63, 3.8) is 0 Å². The third-order valence-electron chi connectivity index (χ3n) is 12.4. The SMILES string of the molecule is CCCCCCCCC/C=C\CCCCCCCCCC(=O)OCC(COC(OCC[N+](C)(C)C)C(=O)O)OC(=O)CCCCCCCCCCCCC/C=C\CCCCCCCCCC. The van der Waals surface area contributed by atoms with Crippen LogP contribution in [0.15, 0.2) is 24.3 Å². The van der Waals surface area contributed by atoms with Gasteiger partial charge < -0.3 is 28.5 Å². The molecular weight excluding hydrogens is 827 g/mol. The third kappa shape index (κ3) is 49.7. The van der Waals surface area contributed by atoms with Gasteiger partial charge in [0.25, 0.3) is 6.29 Å². The fourth-order valence-corrected chi connectivity index (χ4v) is 8.06. The van der Waals surface area contributed by atoms with Crippen molar-refractivity contribution >= 4 is 17.9 Å². The molecule has 0 bridgehead atoms. The summed E-state index contributed by atoms with van der Waals surface area (Å²) in [4.78, 5) is 37.4. The van der Waals surface area contributed by atoms with Crippen LogP contribution in [-0.2, 0) is 33.3 Å². The molecule has 9 heteroatoms. The summed E-state index contributed by atoms with van der Waals surface area (Å²) in [5.41, 5.74) is 0. The number of ether oxygens (including phenoxy) is 4. The van der Waals surface area contributed by atoms with Gasteiger partial charge in [-0.2, -0.15) is 0 Å². The minimum absolute atomic E-state index is 0.181. The lowest BCUT2D eigenvalue weighted by atomic mass is 10.0. The number of likely N-dealkylation sites (N-methyl/N-ethyl adjacent to an activating group) is 1. The second-order valence-corrected chi connectivity index (χ2v) is 20.2. The lowest BCUT2D eigenvalue weighted by Crippen LogP contribution is -2.40. The highest BCUT2D eigenvalue weighted by molar-refractivity contribution is 5.71. The van der Waals surface area contributed by atoms with E-state index in [4.69, 9.17) is 18.9 Å². The van der Waals surface area contributed by atoms with E-state index >= 15 is 0 Å². The predicted molar refractivity (Wildman–Crippen MR) is 277 cm³/mol. The molecule has 2 unspecified atom stereocenters. The van der Waals surface area contributed by atoms with Crippen LogP contribution in [0.3, 0.4) is 0 Å². The first-order valence-corrected chi connectivity index (χ1v) is 28.0. The predicted octanol–water partition coefficient (Wildman–Crippen LogP) is 16.0. The number of aliphatic carboxylic acids is 1. The van der Waals surface area contributed by atoms with E-state index in [2.05, 4.69) is 38.2 Å². The summed E-state index contributed by atoms with van der Waals surface area (Å²) in [5.74, 6) is -2.00. The Bertz CT molecular complexity index is 1130. The average Bonchev–Trinajstić information content (AvgIpc) is 3.28. The first-order chi connectivity index (χ1) is 32.1. The zero-order chi connectivity index (χ0) is 48.4. The molecule has 0 aliphatic carbocycles. The molecule has 0 heterocycles. The minimum atomic E-state index is -1.51. The van der Waals surface area contributed by atoms with Crippen molar-refractivity contribution in [3.05, 3.63) is 24.3 Å². The molecule has 0 aliphatic rings. The number of esters is 2. The largest absolute Gasteiger partial charge is 0.477 e. The molecular formula is C57H108NO8+. The van der Waals surface area contributed by atoms with Crippen molar-refractivity contribution in [2.24, 2.45) is 0 Å². The molecule has 0 radical (unpaired) electrons. The van der Waals surface area contributed by atoms with Crippen molar-refractivity contribution < 1.29 is 42.9 Å². The Balaban J connectivity index is 4.26. The summed E-state index contributed by atoms with van der Waals surface area (Å²) in [6, 6.07) is 0. The zero-order valence-corrected chi connectivity index (χ0v) is 44.1. The van der Waals surface area contributed by atoms with Crippen molar-refractivity contribution in [3.8, 4) is 0 Å². The van der Waals surface area contributed by atoms with E-state index in [1.807, 2.05) is 21.1 Å². The van der Waals surface area contributed by atoms with Gasteiger partial charge in [-0.1, -0.05) is 212 Å². The van der Waals surface area contributed by atoms with Gasteiger partial charge in [0.2, 0.25) is 0 Å². The highest BCUT2D eigenvalue weighted by Gasteiger charge is 2.25. The van der Waals surface area contributed by atoms with Gasteiger partial charge in [-0.05, 0) is 64.2 Å². The number of quaternary nitrogens is 1. The van der Waals surface area contributed by atoms with Gasteiger partial charge in [-0.3, -0.25) is 9.59 Å². The van der Waals surface area contributed by atoms with Crippen LogP contribution in [-0.4, -0.2) is 87.4 Å². The summed E-state index contributed by atoms with van der Waals surface area (Å²) >= 11 is 0. The second-order valence-electron chi connectivity index (χ2n) is 20.2. The molecule has 0 aromatic carbocycles. The van der Waals surface area contributed by atoms with Gasteiger partial charge in [0.05, 0.1) is 34.4 Å². The molecule has 2 atom stereocenters. The molecule has 0 saturated heterocycles. The number of hydrogen-bond donors (Lipinski definition) is 1. The normalized spacial score (nSPS) is 12.9. The average molecular weight is 935 g/mol. The molecule has 0 aromatic heterocycles. The third-order valence-corrected chi connectivity index (χ3v) is 12.4. The van der Waals surface area contributed by atoms with Crippen LogP contribution < -0.4 is 0 Å².